The van der Waals surface area contributed by atoms with Crippen molar-refractivity contribution in [1.29, 1.82) is 0 Å². The number of hydrogen-bond acceptors (Lipinski definition) is 6. The van der Waals surface area contributed by atoms with E-state index in [0.717, 1.165) is 5.56 Å². The molecule has 0 radical (unpaired) electrons. The summed E-state index contributed by atoms with van der Waals surface area (Å²) < 4.78 is 17.9. The number of nitrogens with zero attached hydrogens (tertiary/aromatic N) is 1. The van der Waals surface area contributed by atoms with Crippen LogP contribution in [0.4, 0.5) is 5.69 Å². The second-order valence-electron chi connectivity index (χ2n) is 8.42. The number of benzene rings is 3. The summed E-state index contributed by atoms with van der Waals surface area (Å²) in [5, 5.41) is 3.11. The van der Waals surface area contributed by atoms with E-state index in [2.05, 4.69) is 5.32 Å². The van der Waals surface area contributed by atoms with E-state index in [4.69, 9.17) is 14.2 Å². The van der Waals surface area contributed by atoms with Gasteiger partial charge < -0.3 is 24.1 Å². The van der Waals surface area contributed by atoms with Crippen LogP contribution < -0.4 is 25.0 Å². The van der Waals surface area contributed by atoms with Crippen molar-refractivity contribution < 1.29 is 23.8 Å². The standard InChI is InChI=1S/C28H24N2O6/c1-3-34-20-10-8-19(9-11-20)29-26(31)15-30-14-22(27(32)18-6-4-17(2)5-7-18)28(33)21-12-24-25(13-23(21)30)36-16-35-24/h4-14H,3,15-16H2,1-2H3,(H,29,31). The first kappa shape index (κ1) is 23.2. The number of nitrogens with one attached hydrogen (secondary N) is 1. The Morgan fingerprint density at radius 2 is 1.69 bits per heavy atom. The molecular weight excluding hydrogens is 460 g/mol. The van der Waals surface area contributed by atoms with Gasteiger partial charge in [-0.25, -0.2) is 0 Å². The molecule has 8 nitrogen and oxygen atoms in total. The first-order valence-electron chi connectivity index (χ1n) is 11.5. The van der Waals surface area contributed by atoms with Gasteiger partial charge in [-0.2, -0.15) is 0 Å². The fourth-order valence-electron chi connectivity index (χ4n) is 4.09. The molecule has 1 N–H and O–H groups in total. The highest BCUT2D eigenvalue weighted by Crippen LogP contribution is 2.35. The predicted octanol–water partition coefficient (Wildman–Crippen LogP) is 4.31. The zero-order valence-electron chi connectivity index (χ0n) is 19.9. The molecule has 4 aromatic rings. The zero-order valence-corrected chi connectivity index (χ0v) is 19.9. The van der Waals surface area contributed by atoms with E-state index in [1.807, 2.05) is 26.0 Å². The Morgan fingerprint density at radius 1 is 1.00 bits per heavy atom. The number of rotatable bonds is 7. The molecule has 0 saturated heterocycles. The third kappa shape index (κ3) is 4.53. The van der Waals surface area contributed by atoms with Crippen molar-refractivity contribution in [3.63, 3.8) is 0 Å². The van der Waals surface area contributed by atoms with Gasteiger partial charge in [0, 0.05) is 23.5 Å². The maximum atomic E-state index is 13.4. The summed E-state index contributed by atoms with van der Waals surface area (Å²) in [5.74, 6) is 0.859. The normalized spacial score (nSPS) is 11.9. The van der Waals surface area contributed by atoms with Crippen molar-refractivity contribution in [3.8, 4) is 17.2 Å². The second kappa shape index (κ2) is 9.58. The number of aromatic nitrogens is 1. The molecule has 0 bridgehead atoms. The highest BCUT2D eigenvalue weighted by Gasteiger charge is 2.22. The van der Waals surface area contributed by atoms with Gasteiger partial charge in [0.25, 0.3) is 0 Å². The Kier molecular flexibility index (Phi) is 6.16. The summed E-state index contributed by atoms with van der Waals surface area (Å²) in [7, 11) is 0. The van der Waals surface area contributed by atoms with Crippen LogP contribution in [0.3, 0.4) is 0 Å². The largest absolute Gasteiger partial charge is 0.494 e. The number of amides is 1. The molecule has 0 atom stereocenters. The number of pyridine rings is 1. The maximum Gasteiger partial charge on any atom is 0.244 e. The van der Waals surface area contributed by atoms with E-state index >= 15 is 0 Å². The number of anilines is 1. The third-order valence-electron chi connectivity index (χ3n) is 5.90. The molecule has 1 amide bonds. The minimum absolute atomic E-state index is 0.0286. The maximum absolute atomic E-state index is 13.4. The first-order chi connectivity index (χ1) is 17.4. The van der Waals surface area contributed by atoms with E-state index in [1.165, 1.54) is 6.20 Å². The lowest BCUT2D eigenvalue weighted by atomic mass is 10.0. The number of carbonyl (C=O) groups is 2. The zero-order chi connectivity index (χ0) is 25.2. The lowest BCUT2D eigenvalue weighted by Crippen LogP contribution is -2.24. The van der Waals surface area contributed by atoms with Crippen LogP contribution in [0.5, 0.6) is 17.2 Å². The summed E-state index contributed by atoms with van der Waals surface area (Å²) in [4.78, 5) is 39.6. The molecule has 0 saturated carbocycles. The number of aryl methyl sites for hydroxylation is 1. The third-order valence-corrected chi connectivity index (χ3v) is 5.90. The first-order valence-corrected chi connectivity index (χ1v) is 11.5. The number of ether oxygens (including phenoxy) is 3. The molecule has 5 rings (SSSR count). The fraction of sp³-hybridized carbons (Fsp3) is 0.179. The van der Waals surface area contributed by atoms with Crippen LogP contribution in [-0.4, -0.2) is 29.7 Å². The molecular formula is C28H24N2O6. The van der Waals surface area contributed by atoms with Crippen molar-refractivity contribution >= 4 is 28.3 Å². The van der Waals surface area contributed by atoms with Crippen LogP contribution in [0.1, 0.15) is 28.4 Å². The van der Waals surface area contributed by atoms with E-state index in [9.17, 15) is 14.4 Å². The summed E-state index contributed by atoms with van der Waals surface area (Å²) >= 11 is 0. The van der Waals surface area contributed by atoms with Crippen LogP contribution in [0, 0.1) is 6.92 Å². The van der Waals surface area contributed by atoms with Gasteiger partial charge in [0.2, 0.25) is 18.1 Å². The Morgan fingerprint density at radius 3 is 2.39 bits per heavy atom. The Bertz CT molecular complexity index is 1520. The quantitative estimate of drug-likeness (QED) is 0.393. The molecule has 36 heavy (non-hydrogen) atoms. The predicted molar refractivity (Wildman–Crippen MR) is 135 cm³/mol. The van der Waals surface area contributed by atoms with Crippen molar-refractivity contribution in [1.82, 2.24) is 4.57 Å². The lowest BCUT2D eigenvalue weighted by molar-refractivity contribution is -0.116. The van der Waals surface area contributed by atoms with Crippen LogP contribution in [0.25, 0.3) is 10.9 Å². The minimum Gasteiger partial charge on any atom is -0.494 e. The van der Waals surface area contributed by atoms with Crippen LogP contribution in [0.2, 0.25) is 0 Å². The molecule has 2 heterocycles. The lowest BCUT2D eigenvalue weighted by Gasteiger charge is -2.14. The van der Waals surface area contributed by atoms with Gasteiger partial charge in [-0.15, -0.1) is 0 Å². The van der Waals surface area contributed by atoms with E-state index in [0.29, 0.717) is 40.6 Å². The molecule has 3 aromatic carbocycles. The van der Waals surface area contributed by atoms with Gasteiger partial charge in [-0.3, -0.25) is 14.4 Å². The summed E-state index contributed by atoms with van der Waals surface area (Å²) in [6.07, 6.45) is 1.44. The fourth-order valence-corrected chi connectivity index (χ4v) is 4.09. The SMILES string of the molecule is CCOc1ccc(NC(=O)Cn2cc(C(=O)c3ccc(C)cc3)c(=O)c3cc4c(cc32)OCO4)cc1. The molecule has 0 aliphatic carbocycles. The topological polar surface area (TPSA) is 95.9 Å². The summed E-state index contributed by atoms with van der Waals surface area (Å²) in [6, 6.07) is 17.3. The van der Waals surface area contributed by atoms with Crippen LogP contribution in [-0.2, 0) is 11.3 Å². The number of hydrogen-bond donors (Lipinski definition) is 1. The Balaban J connectivity index is 1.53. The number of fused-ring (bicyclic) bond motifs is 2. The van der Waals surface area contributed by atoms with Crippen molar-refractivity contribution in [2.24, 2.45) is 0 Å². The summed E-state index contributed by atoms with van der Waals surface area (Å²) in [6.45, 7) is 4.27. The average Bonchev–Trinajstić information content (AvgIpc) is 3.34. The Hall–Kier alpha value is -4.59. The van der Waals surface area contributed by atoms with Crippen molar-refractivity contribution in [2.45, 2.75) is 20.4 Å². The number of carbonyl (C=O) groups excluding carboxylic acids is 2. The molecule has 0 spiro atoms. The van der Waals surface area contributed by atoms with Crippen LogP contribution in [0.15, 0.2) is 71.7 Å². The average molecular weight is 485 g/mol. The monoisotopic (exact) mass is 484 g/mol. The van der Waals surface area contributed by atoms with Gasteiger partial charge in [0.05, 0.1) is 23.1 Å². The van der Waals surface area contributed by atoms with E-state index in [1.54, 1.807) is 53.1 Å². The number of ketones is 1. The van der Waals surface area contributed by atoms with Gasteiger partial charge in [0.15, 0.2) is 17.3 Å². The van der Waals surface area contributed by atoms with Gasteiger partial charge in [-0.1, -0.05) is 29.8 Å². The van der Waals surface area contributed by atoms with E-state index < -0.39 is 11.2 Å². The van der Waals surface area contributed by atoms with Gasteiger partial charge >= 0.3 is 0 Å². The Labute approximate surface area is 207 Å². The molecule has 1 aromatic heterocycles. The molecule has 0 fully saturated rings. The van der Waals surface area contributed by atoms with Crippen LogP contribution >= 0.6 is 0 Å². The minimum atomic E-state index is -0.433. The summed E-state index contributed by atoms with van der Waals surface area (Å²) in [5.41, 5.74) is 1.99. The molecule has 8 heteroatoms. The molecule has 0 unspecified atom stereocenters. The molecule has 182 valence electrons. The van der Waals surface area contributed by atoms with Gasteiger partial charge in [0.1, 0.15) is 12.3 Å². The van der Waals surface area contributed by atoms with Crippen molar-refractivity contribution in [2.75, 3.05) is 18.7 Å². The second-order valence-corrected chi connectivity index (χ2v) is 8.42. The highest BCUT2D eigenvalue weighted by molar-refractivity contribution is 6.10. The van der Waals surface area contributed by atoms with E-state index in [-0.39, 0.29) is 30.2 Å². The molecule has 1 aliphatic rings. The highest BCUT2D eigenvalue weighted by atomic mass is 16.7. The van der Waals surface area contributed by atoms with Crippen molar-refractivity contribution in [3.05, 3.63) is 93.8 Å². The molecule has 1 aliphatic heterocycles. The smallest absolute Gasteiger partial charge is 0.244 e. The van der Waals surface area contributed by atoms with Gasteiger partial charge in [-0.05, 0) is 44.2 Å².